The molecule has 1 aliphatic heterocycles. The molecule has 176 valence electrons. The van der Waals surface area contributed by atoms with E-state index in [0.29, 0.717) is 48.3 Å². The van der Waals surface area contributed by atoms with Gasteiger partial charge in [-0.2, -0.15) is 0 Å². The summed E-state index contributed by atoms with van der Waals surface area (Å²) in [5.41, 5.74) is 1.52. The molecule has 34 heavy (non-hydrogen) atoms. The van der Waals surface area contributed by atoms with Crippen LogP contribution in [-0.4, -0.2) is 66.1 Å². The van der Waals surface area contributed by atoms with E-state index in [2.05, 4.69) is 30.2 Å². The van der Waals surface area contributed by atoms with E-state index in [0.717, 1.165) is 5.82 Å². The Kier molecular flexibility index (Phi) is 7.33. The van der Waals surface area contributed by atoms with E-state index in [-0.39, 0.29) is 18.4 Å². The van der Waals surface area contributed by atoms with Crippen molar-refractivity contribution in [1.82, 2.24) is 14.9 Å². The highest BCUT2D eigenvalue weighted by atomic mass is 32.1. The number of thiazole rings is 1. The first-order chi connectivity index (χ1) is 16.5. The lowest BCUT2D eigenvalue weighted by atomic mass is 10.2. The van der Waals surface area contributed by atoms with Gasteiger partial charge in [-0.15, -0.1) is 11.3 Å². The second kappa shape index (κ2) is 10.8. The van der Waals surface area contributed by atoms with Crippen molar-refractivity contribution in [1.29, 1.82) is 0 Å². The van der Waals surface area contributed by atoms with Crippen molar-refractivity contribution in [3.63, 3.8) is 0 Å². The number of hydrogen-bond donors (Lipinski definition) is 2. The molecule has 3 aromatic rings. The van der Waals surface area contributed by atoms with Gasteiger partial charge in [0, 0.05) is 43.4 Å². The third kappa shape index (κ3) is 5.87. The minimum Gasteiger partial charge on any atom is -0.465 e. The van der Waals surface area contributed by atoms with E-state index in [4.69, 9.17) is 0 Å². The standard InChI is InChI=1S/C23H24N6O4S/c1-33-21(31)16-5-7-17(8-6-16)25-20(30)14-18-15-34-22(26-18)27-23(32)29-12-10-28(11-13-29)19-4-2-3-9-24-19/h2-9,15H,10-14H2,1H3,(H,25,30)(H,26,27,32). The second-order valence-electron chi connectivity index (χ2n) is 7.53. The van der Waals surface area contributed by atoms with E-state index in [1.807, 2.05) is 18.2 Å². The molecule has 2 N–H and O–H groups in total. The Labute approximate surface area is 200 Å². The van der Waals surface area contributed by atoms with Crippen LogP contribution in [0.4, 0.5) is 21.4 Å². The van der Waals surface area contributed by atoms with Gasteiger partial charge in [-0.25, -0.2) is 19.6 Å². The zero-order valence-corrected chi connectivity index (χ0v) is 19.4. The number of benzene rings is 1. The van der Waals surface area contributed by atoms with Crippen LogP contribution in [0.5, 0.6) is 0 Å². The lowest BCUT2D eigenvalue weighted by Crippen LogP contribution is -2.50. The maximum absolute atomic E-state index is 12.6. The maximum atomic E-state index is 12.6. The molecule has 0 bridgehead atoms. The number of methoxy groups -OCH3 is 1. The molecule has 0 unspecified atom stereocenters. The molecule has 2 aromatic heterocycles. The number of pyridine rings is 1. The fourth-order valence-electron chi connectivity index (χ4n) is 3.47. The number of anilines is 3. The number of nitrogens with one attached hydrogen (secondary N) is 2. The fourth-order valence-corrected chi connectivity index (χ4v) is 4.17. The minimum absolute atomic E-state index is 0.0634. The van der Waals surface area contributed by atoms with Gasteiger partial charge in [0.15, 0.2) is 5.13 Å². The van der Waals surface area contributed by atoms with E-state index in [9.17, 15) is 14.4 Å². The summed E-state index contributed by atoms with van der Waals surface area (Å²) in [5, 5.41) is 7.77. The number of carbonyl (C=O) groups excluding carboxylic acids is 3. The first-order valence-electron chi connectivity index (χ1n) is 10.7. The van der Waals surface area contributed by atoms with Gasteiger partial charge in [0.2, 0.25) is 5.91 Å². The van der Waals surface area contributed by atoms with Crippen molar-refractivity contribution >= 4 is 45.9 Å². The number of carbonyl (C=O) groups is 3. The lowest BCUT2D eigenvalue weighted by molar-refractivity contribution is -0.115. The molecule has 0 aliphatic carbocycles. The topological polar surface area (TPSA) is 117 Å². The van der Waals surface area contributed by atoms with Gasteiger partial charge in [-0.3, -0.25) is 10.1 Å². The monoisotopic (exact) mass is 480 g/mol. The molecule has 11 heteroatoms. The van der Waals surface area contributed by atoms with Gasteiger partial charge < -0.3 is 19.9 Å². The summed E-state index contributed by atoms with van der Waals surface area (Å²) >= 11 is 1.27. The zero-order valence-electron chi connectivity index (χ0n) is 18.6. The average molecular weight is 481 g/mol. The van der Waals surface area contributed by atoms with Gasteiger partial charge >= 0.3 is 12.0 Å². The van der Waals surface area contributed by atoms with Gasteiger partial charge in [0.25, 0.3) is 0 Å². The summed E-state index contributed by atoms with van der Waals surface area (Å²) in [6.07, 6.45) is 1.82. The maximum Gasteiger partial charge on any atom is 0.337 e. The van der Waals surface area contributed by atoms with Crippen molar-refractivity contribution < 1.29 is 19.1 Å². The van der Waals surface area contributed by atoms with Crippen LogP contribution in [-0.2, 0) is 16.0 Å². The smallest absolute Gasteiger partial charge is 0.337 e. The minimum atomic E-state index is -0.440. The van der Waals surface area contributed by atoms with E-state index >= 15 is 0 Å². The zero-order chi connectivity index (χ0) is 23.9. The normalized spacial score (nSPS) is 13.3. The first kappa shape index (κ1) is 23.2. The fraction of sp³-hybridized carbons (Fsp3) is 0.261. The molecule has 0 spiro atoms. The predicted octanol–water partition coefficient (Wildman–Crippen LogP) is 2.86. The molecule has 1 aromatic carbocycles. The van der Waals surface area contributed by atoms with Crippen LogP contribution in [0.2, 0.25) is 0 Å². The van der Waals surface area contributed by atoms with Crippen LogP contribution in [0.1, 0.15) is 16.1 Å². The third-order valence-electron chi connectivity index (χ3n) is 5.24. The Morgan fingerprint density at radius 3 is 2.47 bits per heavy atom. The van der Waals surface area contributed by atoms with Crippen molar-refractivity contribution in [2.45, 2.75) is 6.42 Å². The van der Waals surface area contributed by atoms with Crippen LogP contribution >= 0.6 is 11.3 Å². The summed E-state index contributed by atoms with van der Waals surface area (Å²) < 4.78 is 4.66. The Bertz CT molecular complexity index is 1140. The van der Waals surface area contributed by atoms with Crippen LogP contribution in [0.3, 0.4) is 0 Å². The number of piperazine rings is 1. The highest BCUT2D eigenvalue weighted by molar-refractivity contribution is 7.13. The van der Waals surface area contributed by atoms with E-state index < -0.39 is 5.97 Å². The number of nitrogens with zero attached hydrogens (tertiary/aromatic N) is 4. The Morgan fingerprint density at radius 1 is 1.03 bits per heavy atom. The van der Waals surface area contributed by atoms with Crippen molar-refractivity contribution in [2.75, 3.05) is 48.8 Å². The Hall–Kier alpha value is -3.99. The highest BCUT2D eigenvalue weighted by Gasteiger charge is 2.22. The van der Waals surface area contributed by atoms with E-state index in [1.54, 1.807) is 40.7 Å². The number of hydrogen-bond acceptors (Lipinski definition) is 8. The largest absolute Gasteiger partial charge is 0.465 e. The molecule has 4 rings (SSSR count). The van der Waals surface area contributed by atoms with Crippen molar-refractivity contribution in [2.24, 2.45) is 0 Å². The number of esters is 1. The summed E-state index contributed by atoms with van der Waals surface area (Å²) in [5.74, 6) is 0.217. The SMILES string of the molecule is COC(=O)c1ccc(NC(=O)Cc2csc(NC(=O)N3CCN(c4ccccn4)CC3)n2)cc1. The molecule has 1 saturated heterocycles. The number of rotatable bonds is 6. The molecule has 3 heterocycles. The molecule has 1 aliphatic rings. The second-order valence-corrected chi connectivity index (χ2v) is 8.39. The number of amides is 3. The van der Waals surface area contributed by atoms with Gasteiger partial charge in [0.05, 0.1) is 24.8 Å². The summed E-state index contributed by atoms with van der Waals surface area (Å²) in [4.78, 5) is 49.0. The quantitative estimate of drug-likeness (QED) is 0.521. The molecule has 0 radical (unpaired) electrons. The van der Waals surface area contributed by atoms with Gasteiger partial charge in [0.1, 0.15) is 5.82 Å². The predicted molar refractivity (Wildman–Crippen MR) is 129 cm³/mol. The Balaban J connectivity index is 1.24. The molecule has 3 amide bonds. The number of urea groups is 1. The average Bonchev–Trinajstić information content (AvgIpc) is 3.30. The number of aromatic nitrogens is 2. The van der Waals surface area contributed by atoms with Gasteiger partial charge in [-0.1, -0.05) is 6.07 Å². The Morgan fingerprint density at radius 2 is 1.79 bits per heavy atom. The third-order valence-corrected chi connectivity index (χ3v) is 6.04. The molecule has 0 atom stereocenters. The van der Waals surface area contributed by atoms with Crippen LogP contribution in [0.25, 0.3) is 0 Å². The molecule has 10 nitrogen and oxygen atoms in total. The van der Waals surface area contributed by atoms with Crippen LogP contribution < -0.4 is 15.5 Å². The molecular formula is C23H24N6O4S. The van der Waals surface area contributed by atoms with Gasteiger partial charge in [-0.05, 0) is 36.4 Å². The molecular weight excluding hydrogens is 456 g/mol. The molecule has 1 fully saturated rings. The molecule has 0 saturated carbocycles. The lowest BCUT2D eigenvalue weighted by Gasteiger charge is -2.35. The summed E-state index contributed by atoms with van der Waals surface area (Å²) in [6, 6.07) is 12.0. The van der Waals surface area contributed by atoms with Crippen molar-refractivity contribution in [3.05, 3.63) is 65.3 Å². The number of ether oxygens (including phenoxy) is 1. The highest BCUT2D eigenvalue weighted by Crippen LogP contribution is 2.19. The van der Waals surface area contributed by atoms with E-state index in [1.165, 1.54) is 18.4 Å². The summed E-state index contributed by atoms with van der Waals surface area (Å²) in [6.45, 7) is 2.57. The summed E-state index contributed by atoms with van der Waals surface area (Å²) in [7, 11) is 1.31. The van der Waals surface area contributed by atoms with Crippen molar-refractivity contribution in [3.8, 4) is 0 Å². The van der Waals surface area contributed by atoms with Crippen LogP contribution in [0.15, 0.2) is 54.0 Å². The first-order valence-corrected chi connectivity index (χ1v) is 11.5. The van der Waals surface area contributed by atoms with Crippen LogP contribution in [0, 0.1) is 0 Å².